The summed E-state index contributed by atoms with van der Waals surface area (Å²) < 4.78 is 2.42. The second kappa shape index (κ2) is 23.9. The van der Waals surface area contributed by atoms with Crippen LogP contribution >= 0.6 is 15.9 Å². The third-order valence-corrected chi connectivity index (χ3v) is 8.18. The zero-order chi connectivity index (χ0) is 26.1. The van der Waals surface area contributed by atoms with Crippen LogP contribution in [0.5, 0.6) is 0 Å². The second-order valence-electron chi connectivity index (χ2n) is 11.1. The van der Waals surface area contributed by atoms with Gasteiger partial charge in [0.2, 0.25) is 0 Å². The molecule has 0 unspecified atom stereocenters. The number of rotatable bonds is 25. The Balaban J connectivity index is 1.36. The fourth-order valence-corrected chi connectivity index (χ4v) is 5.68. The molecule has 0 atom stereocenters. The molecule has 0 radical (unpaired) electrons. The summed E-state index contributed by atoms with van der Waals surface area (Å²) in [5, 5.41) is 1.17. The van der Waals surface area contributed by atoms with Gasteiger partial charge in [-0.05, 0) is 56.2 Å². The minimum atomic E-state index is 1.17. The quantitative estimate of drug-likeness (QED) is 0.0657. The smallest absolute Gasteiger partial charge is 0.171 e. The SMILES string of the molecule is BrCCCCCCCCCCCCCCc1ccc[n+](CCCCCCCCCCc2cccnc2)c1. The summed E-state index contributed by atoms with van der Waals surface area (Å²) in [6, 6.07) is 8.81. The Morgan fingerprint density at radius 1 is 0.541 bits per heavy atom. The minimum absolute atomic E-state index is 1.17. The van der Waals surface area contributed by atoms with Gasteiger partial charge in [-0.15, -0.1) is 0 Å². The van der Waals surface area contributed by atoms with Crippen molar-refractivity contribution in [3.63, 3.8) is 0 Å². The summed E-state index contributed by atoms with van der Waals surface area (Å²) in [5.41, 5.74) is 2.90. The number of hydrogen-bond acceptors (Lipinski definition) is 1. The van der Waals surface area contributed by atoms with Crippen LogP contribution in [0.4, 0.5) is 0 Å². The third-order valence-electron chi connectivity index (χ3n) is 7.62. The highest BCUT2D eigenvalue weighted by atomic mass is 79.9. The molecular formula is C34H56BrN2+. The predicted molar refractivity (Wildman–Crippen MR) is 164 cm³/mol. The molecule has 0 amide bonds. The van der Waals surface area contributed by atoms with Gasteiger partial charge >= 0.3 is 0 Å². The number of aryl methyl sites for hydroxylation is 3. The van der Waals surface area contributed by atoms with Crippen molar-refractivity contribution in [1.29, 1.82) is 0 Å². The Kier molecular flexibility index (Phi) is 20.6. The molecule has 0 aliphatic carbocycles. The molecule has 37 heavy (non-hydrogen) atoms. The van der Waals surface area contributed by atoms with Crippen LogP contribution in [0.3, 0.4) is 0 Å². The molecule has 2 heterocycles. The van der Waals surface area contributed by atoms with Crippen LogP contribution < -0.4 is 4.57 Å². The maximum absolute atomic E-state index is 4.20. The summed E-state index contributed by atoms with van der Waals surface area (Å²) in [6.07, 6.45) is 38.9. The minimum Gasteiger partial charge on any atom is -0.264 e. The van der Waals surface area contributed by atoms with Gasteiger partial charge in [0.1, 0.15) is 6.54 Å². The first kappa shape index (κ1) is 32.0. The summed E-state index contributed by atoms with van der Waals surface area (Å²) in [4.78, 5) is 4.20. The van der Waals surface area contributed by atoms with Gasteiger partial charge in [-0.25, -0.2) is 4.57 Å². The number of alkyl halides is 1. The van der Waals surface area contributed by atoms with Gasteiger partial charge in [0.25, 0.3) is 0 Å². The zero-order valence-electron chi connectivity index (χ0n) is 23.9. The molecule has 0 spiro atoms. The molecule has 0 bridgehead atoms. The molecule has 2 nitrogen and oxygen atoms in total. The van der Waals surface area contributed by atoms with E-state index in [2.05, 4.69) is 56.1 Å². The largest absolute Gasteiger partial charge is 0.264 e. The van der Waals surface area contributed by atoms with Crippen LogP contribution in [0.2, 0.25) is 0 Å². The van der Waals surface area contributed by atoms with Gasteiger partial charge in [-0.1, -0.05) is 118 Å². The van der Waals surface area contributed by atoms with Gasteiger partial charge in [0, 0.05) is 35.8 Å². The van der Waals surface area contributed by atoms with E-state index < -0.39 is 0 Å². The zero-order valence-corrected chi connectivity index (χ0v) is 25.4. The highest BCUT2D eigenvalue weighted by molar-refractivity contribution is 9.09. The average Bonchev–Trinajstić information content (AvgIpc) is 2.93. The van der Waals surface area contributed by atoms with E-state index >= 15 is 0 Å². The first-order valence-corrected chi connectivity index (χ1v) is 16.9. The van der Waals surface area contributed by atoms with Gasteiger partial charge in [-0.3, -0.25) is 4.98 Å². The van der Waals surface area contributed by atoms with Crippen LogP contribution in [0, 0.1) is 0 Å². The molecule has 0 aliphatic rings. The van der Waals surface area contributed by atoms with E-state index in [1.54, 1.807) is 0 Å². The van der Waals surface area contributed by atoms with Crippen molar-refractivity contribution in [1.82, 2.24) is 4.98 Å². The summed E-state index contributed by atoms with van der Waals surface area (Å²) in [5.74, 6) is 0. The number of hydrogen-bond donors (Lipinski definition) is 0. The highest BCUT2D eigenvalue weighted by Crippen LogP contribution is 2.14. The lowest BCUT2D eigenvalue weighted by Gasteiger charge is -2.04. The molecule has 208 valence electrons. The molecule has 2 rings (SSSR count). The van der Waals surface area contributed by atoms with E-state index in [-0.39, 0.29) is 0 Å². The Morgan fingerprint density at radius 2 is 1.03 bits per heavy atom. The molecule has 3 heteroatoms. The van der Waals surface area contributed by atoms with E-state index in [1.807, 2.05) is 18.5 Å². The maximum atomic E-state index is 4.20. The average molecular weight is 573 g/mol. The molecule has 2 aromatic rings. The fraction of sp³-hybridized carbons (Fsp3) is 0.706. The fourth-order valence-electron chi connectivity index (χ4n) is 5.28. The van der Waals surface area contributed by atoms with Crippen LogP contribution in [-0.4, -0.2) is 10.3 Å². The normalized spacial score (nSPS) is 11.3. The molecule has 0 aromatic carbocycles. The highest BCUT2D eigenvalue weighted by Gasteiger charge is 2.03. The lowest BCUT2D eigenvalue weighted by atomic mass is 10.0. The van der Waals surface area contributed by atoms with E-state index in [4.69, 9.17) is 0 Å². The Morgan fingerprint density at radius 3 is 1.57 bits per heavy atom. The first-order chi connectivity index (χ1) is 18.4. The van der Waals surface area contributed by atoms with Gasteiger partial charge in [-0.2, -0.15) is 0 Å². The van der Waals surface area contributed by atoms with Crippen LogP contribution in [0.1, 0.15) is 140 Å². The van der Waals surface area contributed by atoms with E-state index in [0.717, 1.165) is 0 Å². The van der Waals surface area contributed by atoms with Crippen molar-refractivity contribution in [2.24, 2.45) is 0 Å². The van der Waals surface area contributed by atoms with Crippen molar-refractivity contribution in [2.45, 2.75) is 148 Å². The molecule has 0 aliphatic heterocycles. The first-order valence-electron chi connectivity index (χ1n) is 15.8. The molecular weight excluding hydrogens is 516 g/mol. The van der Waals surface area contributed by atoms with Gasteiger partial charge in [0.15, 0.2) is 12.4 Å². The number of nitrogens with zero attached hydrogens (tertiary/aromatic N) is 2. The maximum Gasteiger partial charge on any atom is 0.171 e. The predicted octanol–water partition coefficient (Wildman–Crippen LogP) is 10.4. The van der Waals surface area contributed by atoms with Crippen molar-refractivity contribution >= 4 is 15.9 Å². The van der Waals surface area contributed by atoms with Crippen LogP contribution in [-0.2, 0) is 19.4 Å². The Bertz CT molecular complexity index is 748. The standard InChI is InChI=1S/C34H56BrN2/c35-27-19-15-11-7-4-2-1-3-5-10-14-18-24-34-26-22-30-37(32-34)29-20-16-12-8-6-9-13-17-23-33-25-21-28-36-31-33/h21-22,25-26,28,30-32H,1-20,23-24,27,29H2/q+1. The van der Waals surface area contributed by atoms with Gasteiger partial charge in [0.05, 0.1) is 0 Å². The summed E-state index contributed by atoms with van der Waals surface area (Å²) in [7, 11) is 0. The number of aromatic nitrogens is 2. The Labute approximate surface area is 238 Å². The topological polar surface area (TPSA) is 16.8 Å². The van der Waals surface area contributed by atoms with Crippen molar-refractivity contribution in [2.75, 3.05) is 5.33 Å². The number of pyridine rings is 2. The van der Waals surface area contributed by atoms with Crippen molar-refractivity contribution in [3.8, 4) is 0 Å². The van der Waals surface area contributed by atoms with Crippen LogP contribution in [0.15, 0.2) is 49.1 Å². The van der Waals surface area contributed by atoms with Gasteiger partial charge < -0.3 is 0 Å². The molecule has 2 aromatic heterocycles. The lowest BCUT2D eigenvalue weighted by Crippen LogP contribution is -2.33. The molecule has 0 saturated carbocycles. The van der Waals surface area contributed by atoms with Crippen molar-refractivity contribution < 1.29 is 4.57 Å². The van der Waals surface area contributed by atoms with Crippen molar-refractivity contribution in [3.05, 3.63) is 60.2 Å². The second-order valence-corrected chi connectivity index (χ2v) is 11.9. The monoisotopic (exact) mass is 571 g/mol. The summed E-state index contributed by atoms with van der Waals surface area (Å²) >= 11 is 3.52. The molecule has 0 fully saturated rings. The van der Waals surface area contributed by atoms with E-state index in [1.165, 1.54) is 164 Å². The summed E-state index contributed by atoms with van der Waals surface area (Å²) in [6.45, 7) is 1.18. The van der Waals surface area contributed by atoms with E-state index in [0.29, 0.717) is 0 Å². The third kappa shape index (κ3) is 18.6. The Hall–Kier alpha value is -1.22. The number of halogens is 1. The van der Waals surface area contributed by atoms with Crippen LogP contribution in [0.25, 0.3) is 0 Å². The van der Waals surface area contributed by atoms with E-state index in [9.17, 15) is 0 Å². The lowest BCUT2D eigenvalue weighted by molar-refractivity contribution is -0.697. The molecule has 0 saturated heterocycles. The molecule has 0 N–H and O–H groups in total. The number of unbranched alkanes of at least 4 members (excludes halogenated alkanes) is 18.